The third-order valence-corrected chi connectivity index (χ3v) is 3.49. The lowest BCUT2D eigenvalue weighted by Gasteiger charge is -2.10. The maximum absolute atomic E-state index is 13.6. The number of benzene rings is 1. The molecule has 2 aromatic heterocycles. The van der Waals surface area contributed by atoms with Gasteiger partial charge in [-0.05, 0) is 30.7 Å². The fourth-order valence-corrected chi connectivity index (χ4v) is 2.20. The van der Waals surface area contributed by atoms with Crippen LogP contribution in [0.25, 0.3) is 5.82 Å². The molecule has 1 amide bonds. The number of halogens is 1. The Labute approximate surface area is 132 Å². The minimum atomic E-state index is -0.391. The molecular weight excluding hydrogens is 295 g/mol. The van der Waals surface area contributed by atoms with Gasteiger partial charge in [0, 0.05) is 36.3 Å². The highest BCUT2D eigenvalue weighted by Gasteiger charge is 2.10. The Bertz CT molecular complexity index is 830. The van der Waals surface area contributed by atoms with Gasteiger partial charge in [0.1, 0.15) is 18.0 Å². The van der Waals surface area contributed by atoms with Gasteiger partial charge in [-0.3, -0.25) is 9.36 Å². The molecule has 116 valence electrons. The molecule has 0 aliphatic rings. The molecule has 0 saturated heterocycles. The van der Waals surface area contributed by atoms with Crippen molar-refractivity contribution in [3.05, 3.63) is 77.8 Å². The first-order valence-electron chi connectivity index (χ1n) is 7.12. The molecule has 0 atom stereocenters. The summed E-state index contributed by atoms with van der Waals surface area (Å²) in [7, 11) is 0. The second kappa shape index (κ2) is 6.39. The van der Waals surface area contributed by atoms with E-state index in [4.69, 9.17) is 0 Å². The van der Waals surface area contributed by atoms with E-state index >= 15 is 0 Å². The second-order valence-corrected chi connectivity index (χ2v) is 5.10. The predicted octanol–water partition coefficient (Wildman–Crippen LogP) is 2.64. The van der Waals surface area contributed by atoms with Crippen LogP contribution in [0.15, 0.2) is 55.2 Å². The Kier molecular flexibility index (Phi) is 4.14. The number of amides is 1. The number of nitrogens with zero attached hydrogens (tertiary/aromatic N) is 3. The maximum atomic E-state index is 13.6. The van der Waals surface area contributed by atoms with Crippen molar-refractivity contribution in [1.82, 2.24) is 19.9 Å². The summed E-state index contributed by atoms with van der Waals surface area (Å²) in [6, 6.07) is 8.11. The van der Waals surface area contributed by atoms with E-state index in [0.29, 0.717) is 16.9 Å². The van der Waals surface area contributed by atoms with Crippen molar-refractivity contribution in [2.75, 3.05) is 0 Å². The number of imidazole rings is 1. The predicted molar refractivity (Wildman–Crippen MR) is 83.7 cm³/mol. The van der Waals surface area contributed by atoms with Crippen LogP contribution in [-0.4, -0.2) is 20.4 Å². The van der Waals surface area contributed by atoms with E-state index in [1.165, 1.54) is 6.07 Å². The summed E-state index contributed by atoms with van der Waals surface area (Å²) in [5, 5.41) is 2.78. The van der Waals surface area contributed by atoms with Crippen LogP contribution >= 0.6 is 0 Å². The molecule has 0 spiro atoms. The summed E-state index contributed by atoms with van der Waals surface area (Å²) >= 11 is 0. The lowest BCUT2D eigenvalue weighted by Crippen LogP contribution is -2.23. The average molecular weight is 310 g/mol. The van der Waals surface area contributed by atoms with Gasteiger partial charge in [-0.15, -0.1) is 0 Å². The zero-order valence-corrected chi connectivity index (χ0v) is 12.5. The molecule has 1 N–H and O–H groups in total. The molecule has 0 bridgehead atoms. The van der Waals surface area contributed by atoms with E-state index in [1.54, 1.807) is 54.6 Å². The average Bonchev–Trinajstić information content (AvgIpc) is 3.10. The van der Waals surface area contributed by atoms with Gasteiger partial charge in [0.2, 0.25) is 0 Å². The second-order valence-electron chi connectivity index (χ2n) is 5.10. The maximum Gasteiger partial charge on any atom is 0.251 e. The molecule has 0 fully saturated rings. The van der Waals surface area contributed by atoms with Gasteiger partial charge in [-0.2, -0.15) is 0 Å². The van der Waals surface area contributed by atoms with Crippen LogP contribution in [0.4, 0.5) is 4.39 Å². The van der Waals surface area contributed by atoms with E-state index in [2.05, 4.69) is 15.3 Å². The molecule has 0 radical (unpaired) electrons. The van der Waals surface area contributed by atoms with Gasteiger partial charge >= 0.3 is 0 Å². The van der Waals surface area contributed by atoms with Crippen LogP contribution in [0.1, 0.15) is 21.5 Å². The molecule has 2 heterocycles. The van der Waals surface area contributed by atoms with Crippen molar-refractivity contribution in [2.45, 2.75) is 13.5 Å². The van der Waals surface area contributed by atoms with Gasteiger partial charge in [0.15, 0.2) is 0 Å². The SMILES string of the molecule is Cc1ccc(C(=O)NCc2cccnc2-n2ccnc2)cc1F. The number of hydrogen-bond acceptors (Lipinski definition) is 3. The van der Waals surface area contributed by atoms with E-state index in [9.17, 15) is 9.18 Å². The van der Waals surface area contributed by atoms with Gasteiger partial charge in [-0.25, -0.2) is 14.4 Å². The fourth-order valence-electron chi connectivity index (χ4n) is 2.20. The largest absolute Gasteiger partial charge is 0.348 e. The van der Waals surface area contributed by atoms with Crippen LogP contribution in [0.5, 0.6) is 0 Å². The van der Waals surface area contributed by atoms with Crippen LogP contribution in [0.2, 0.25) is 0 Å². The highest BCUT2D eigenvalue weighted by Crippen LogP contribution is 2.12. The van der Waals surface area contributed by atoms with Crippen molar-refractivity contribution in [1.29, 1.82) is 0 Å². The smallest absolute Gasteiger partial charge is 0.251 e. The molecule has 0 aliphatic heterocycles. The van der Waals surface area contributed by atoms with Crippen LogP contribution in [0, 0.1) is 12.7 Å². The van der Waals surface area contributed by atoms with Crippen molar-refractivity contribution < 1.29 is 9.18 Å². The first-order chi connectivity index (χ1) is 11.1. The summed E-state index contributed by atoms with van der Waals surface area (Å²) < 4.78 is 15.3. The summed E-state index contributed by atoms with van der Waals surface area (Å²) in [6.07, 6.45) is 6.76. The standard InChI is InChI=1S/C17H15FN4O/c1-12-4-5-13(9-15(12)18)17(23)21-10-14-3-2-6-20-16(14)22-8-7-19-11-22/h2-9,11H,10H2,1H3,(H,21,23). The van der Waals surface area contributed by atoms with Crippen molar-refractivity contribution >= 4 is 5.91 Å². The highest BCUT2D eigenvalue weighted by molar-refractivity contribution is 5.94. The van der Waals surface area contributed by atoms with Crippen LogP contribution in [-0.2, 0) is 6.54 Å². The molecular formula is C17H15FN4O. The molecule has 3 rings (SSSR count). The van der Waals surface area contributed by atoms with E-state index in [-0.39, 0.29) is 12.5 Å². The van der Waals surface area contributed by atoms with Gasteiger partial charge < -0.3 is 5.32 Å². The minimum absolute atomic E-state index is 0.287. The Morgan fingerprint density at radius 3 is 2.91 bits per heavy atom. The lowest BCUT2D eigenvalue weighted by molar-refractivity contribution is 0.0950. The number of rotatable bonds is 4. The first-order valence-corrected chi connectivity index (χ1v) is 7.12. The fraction of sp³-hybridized carbons (Fsp3) is 0.118. The van der Waals surface area contributed by atoms with Gasteiger partial charge in [0.05, 0.1) is 0 Å². The summed E-state index contributed by atoms with van der Waals surface area (Å²) in [6.45, 7) is 1.94. The lowest BCUT2D eigenvalue weighted by atomic mass is 10.1. The highest BCUT2D eigenvalue weighted by atomic mass is 19.1. The Morgan fingerprint density at radius 1 is 1.30 bits per heavy atom. The molecule has 0 saturated carbocycles. The molecule has 0 unspecified atom stereocenters. The zero-order valence-electron chi connectivity index (χ0n) is 12.5. The number of carbonyl (C=O) groups excluding carboxylic acids is 1. The van der Waals surface area contributed by atoms with Crippen molar-refractivity contribution in [3.63, 3.8) is 0 Å². The first kappa shape index (κ1) is 14.9. The van der Waals surface area contributed by atoms with Gasteiger partial charge in [-0.1, -0.05) is 12.1 Å². The normalized spacial score (nSPS) is 10.5. The molecule has 0 aliphatic carbocycles. The van der Waals surface area contributed by atoms with E-state index < -0.39 is 5.82 Å². The minimum Gasteiger partial charge on any atom is -0.348 e. The third-order valence-electron chi connectivity index (χ3n) is 3.49. The van der Waals surface area contributed by atoms with E-state index in [0.717, 1.165) is 5.56 Å². The van der Waals surface area contributed by atoms with Crippen LogP contribution < -0.4 is 5.32 Å². The number of nitrogens with one attached hydrogen (secondary N) is 1. The number of hydrogen-bond donors (Lipinski definition) is 1. The third kappa shape index (κ3) is 3.26. The number of pyridine rings is 1. The topological polar surface area (TPSA) is 59.8 Å². The van der Waals surface area contributed by atoms with Crippen molar-refractivity contribution in [2.24, 2.45) is 0 Å². The van der Waals surface area contributed by atoms with Crippen LogP contribution in [0.3, 0.4) is 0 Å². The quantitative estimate of drug-likeness (QED) is 0.806. The summed E-state index contributed by atoms with van der Waals surface area (Å²) in [4.78, 5) is 20.5. The van der Waals surface area contributed by atoms with Gasteiger partial charge in [0.25, 0.3) is 5.91 Å². The molecule has 3 aromatic rings. The molecule has 6 heteroatoms. The zero-order chi connectivity index (χ0) is 16.2. The molecule has 5 nitrogen and oxygen atoms in total. The number of aryl methyl sites for hydroxylation is 1. The Balaban J connectivity index is 1.76. The Hall–Kier alpha value is -3.02. The summed E-state index contributed by atoms with van der Waals surface area (Å²) in [5.41, 5.74) is 1.64. The molecule has 23 heavy (non-hydrogen) atoms. The summed E-state index contributed by atoms with van der Waals surface area (Å²) in [5.74, 6) is -0.0251. The van der Waals surface area contributed by atoms with Crippen molar-refractivity contribution in [3.8, 4) is 5.82 Å². The van der Waals surface area contributed by atoms with E-state index in [1.807, 2.05) is 6.07 Å². The number of aromatic nitrogens is 3. The monoisotopic (exact) mass is 310 g/mol. The molecule has 1 aromatic carbocycles. The Morgan fingerprint density at radius 2 is 2.17 bits per heavy atom. The number of carbonyl (C=O) groups is 1.